The van der Waals surface area contributed by atoms with E-state index in [0.717, 1.165) is 17.3 Å². The fourth-order valence-electron chi connectivity index (χ4n) is 2.86. The smallest absolute Gasteiger partial charge is 0.220 e. The second-order valence-corrected chi connectivity index (χ2v) is 8.18. The lowest BCUT2D eigenvalue weighted by Gasteiger charge is -2.32. The minimum atomic E-state index is -1.16. The summed E-state index contributed by atoms with van der Waals surface area (Å²) in [5, 5.41) is 11.0. The van der Waals surface area contributed by atoms with E-state index in [4.69, 9.17) is 4.42 Å². The average molecular weight is 388 g/mol. The summed E-state index contributed by atoms with van der Waals surface area (Å²) in [5.74, 6) is 1.31. The summed E-state index contributed by atoms with van der Waals surface area (Å²) in [6.07, 6.45) is 7.64. The highest BCUT2D eigenvalue weighted by Gasteiger charge is 2.29. The molecule has 2 aromatic rings. The number of pyridine rings is 1. The summed E-state index contributed by atoms with van der Waals surface area (Å²) < 4.78 is 17.7. The van der Waals surface area contributed by atoms with Crippen molar-refractivity contribution in [2.45, 2.75) is 18.7 Å². The number of hydrogen-bond acceptors (Lipinski definition) is 6. The van der Waals surface area contributed by atoms with E-state index in [2.05, 4.69) is 16.0 Å². The van der Waals surface area contributed by atoms with E-state index in [0.29, 0.717) is 31.0 Å². The predicted octanol–water partition coefficient (Wildman–Crippen LogP) is 2.83. The van der Waals surface area contributed by atoms with Crippen molar-refractivity contribution >= 4 is 11.2 Å². The molecule has 1 N–H and O–H groups in total. The molecule has 0 aliphatic carbocycles. The molecule has 3 heterocycles. The first kappa shape index (κ1) is 19.5. The minimum Gasteiger partial charge on any atom is -0.610 e. The molecule has 27 heavy (non-hydrogen) atoms. The number of aromatic nitrogens is 1. The molecule has 2 aromatic heterocycles. The Labute approximate surface area is 163 Å². The lowest BCUT2D eigenvalue weighted by molar-refractivity contribution is 0.300. The molecule has 0 saturated carbocycles. The zero-order valence-corrected chi connectivity index (χ0v) is 16.5. The lowest BCUT2D eigenvalue weighted by Crippen LogP contribution is -2.37. The maximum absolute atomic E-state index is 12.4. The molecule has 1 aliphatic heterocycles. The van der Waals surface area contributed by atoms with Crippen LogP contribution in [0.25, 0.3) is 0 Å². The molecule has 0 aromatic carbocycles. The molecule has 7 heteroatoms. The quantitative estimate of drug-likeness (QED) is 0.527. The highest BCUT2D eigenvalue weighted by molar-refractivity contribution is 7.94. The van der Waals surface area contributed by atoms with Crippen molar-refractivity contribution in [1.29, 1.82) is 0 Å². The summed E-state index contributed by atoms with van der Waals surface area (Å²) in [4.78, 5) is 8.38. The van der Waals surface area contributed by atoms with Gasteiger partial charge in [0.25, 0.3) is 0 Å². The zero-order valence-electron chi connectivity index (χ0n) is 15.7. The van der Waals surface area contributed by atoms with Crippen molar-refractivity contribution in [1.82, 2.24) is 14.8 Å². The Bertz CT molecular complexity index is 803. The molecule has 6 nitrogen and oxygen atoms in total. The van der Waals surface area contributed by atoms with Gasteiger partial charge in [-0.25, -0.2) is 0 Å². The maximum atomic E-state index is 12.4. The van der Waals surface area contributed by atoms with Gasteiger partial charge in [0.15, 0.2) is 11.5 Å². The van der Waals surface area contributed by atoms with Crippen LogP contribution in [0.3, 0.4) is 0 Å². The van der Waals surface area contributed by atoms with Gasteiger partial charge in [-0.1, -0.05) is 0 Å². The molecule has 1 atom stereocenters. The van der Waals surface area contributed by atoms with Crippen molar-refractivity contribution < 1.29 is 14.1 Å². The van der Waals surface area contributed by atoms with E-state index in [1.807, 2.05) is 37.2 Å². The summed E-state index contributed by atoms with van der Waals surface area (Å²) in [7, 11) is 4.06. The number of nitrogens with zero attached hydrogens (tertiary/aromatic N) is 3. The topological polar surface area (TPSA) is 75.8 Å². The molecule has 3 rings (SSSR count). The third-order valence-electron chi connectivity index (χ3n) is 4.16. The van der Waals surface area contributed by atoms with Crippen LogP contribution in [0.15, 0.2) is 64.1 Å². The number of aliphatic hydroxyl groups is 1. The van der Waals surface area contributed by atoms with Crippen molar-refractivity contribution in [3.8, 4) is 0 Å². The summed E-state index contributed by atoms with van der Waals surface area (Å²) in [6, 6.07) is 7.65. The van der Waals surface area contributed by atoms with Gasteiger partial charge in [-0.3, -0.25) is 4.98 Å². The molecule has 1 unspecified atom stereocenters. The van der Waals surface area contributed by atoms with Crippen LogP contribution in [-0.2, 0) is 29.9 Å². The van der Waals surface area contributed by atoms with Gasteiger partial charge >= 0.3 is 0 Å². The number of hydrogen-bond donors (Lipinski definition) is 1. The zero-order chi connectivity index (χ0) is 19.2. The van der Waals surface area contributed by atoms with Crippen LogP contribution in [0.4, 0.5) is 0 Å². The van der Waals surface area contributed by atoms with Gasteiger partial charge in [0, 0.05) is 48.7 Å². The Morgan fingerprint density at radius 3 is 2.96 bits per heavy atom. The van der Waals surface area contributed by atoms with Crippen molar-refractivity contribution in [2.75, 3.05) is 27.2 Å². The van der Waals surface area contributed by atoms with Gasteiger partial charge in [0.1, 0.15) is 5.76 Å². The third-order valence-corrected chi connectivity index (χ3v) is 5.60. The number of aliphatic hydroxyl groups excluding tert-OH is 1. The van der Waals surface area contributed by atoms with Crippen LogP contribution in [0.2, 0.25) is 0 Å². The third kappa shape index (κ3) is 5.63. The van der Waals surface area contributed by atoms with Gasteiger partial charge in [-0.2, -0.15) is 0 Å². The Balaban J connectivity index is 1.51. The number of allylic oxidation sites excluding steroid dienone is 1. The first-order chi connectivity index (χ1) is 13.0. The second kappa shape index (κ2) is 9.12. The van der Waals surface area contributed by atoms with Gasteiger partial charge in [0.05, 0.1) is 12.8 Å². The van der Waals surface area contributed by atoms with Gasteiger partial charge in [-0.05, 0) is 50.0 Å². The van der Waals surface area contributed by atoms with Crippen LogP contribution < -0.4 is 0 Å². The Morgan fingerprint density at radius 1 is 1.44 bits per heavy atom. The Hall–Kier alpha value is -2.22. The molecule has 144 valence electrons. The molecule has 0 saturated heterocycles. The monoisotopic (exact) mass is 387 g/mol. The fraction of sp³-hybridized carbons (Fsp3) is 0.350. The minimum absolute atomic E-state index is 0.260. The molecule has 0 amide bonds. The van der Waals surface area contributed by atoms with E-state index in [-0.39, 0.29) is 5.76 Å². The summed E-state index contributed by atoms with van der Waals surface area (Å²) in [5.41, 5.74) is 2.11. The van der Waals surface area contributed by atoms with E-state index >= 15 is 0 Å². The van der Waals surface area contributed by atoms with Crippen LogP contribution in [0.1, 0.15) is 17.0 Å². The fourth-order valence-corrected chi connectivity index (χ4v) is 4.12. The maximum Gasteiger partial charge on any atom is 0.220 e. The first-order valence-corrected chi connectivity index (χ1v) is 10.2. The summed E-state index contributed by atoms with van der Waals surface area (Å²) in [6.45, 7) is 1.90. The molecular weight excluding hydrogens is 362 g/mol. The van der Waals surface area contributed by atoms with E-state index < -0.39 is 11.2 Å². The van der Waals surface area contributed by atoms with Crippen LogP contribution >= 0.6 is 0 Å². The van der Waals surface area contributed by atoms with Gasteiger partial charge < -0.3 is 23.9 Å². The average Bonchev–Trinajstić information content (AvgIpc) is 3.09. The highest BCUT2D eigenvalue weighted by Crippen LogP contribution is 2.25. The standard InChI is InChI=1S/C20H25N3O3S/c1-22(2)13-16-7-9-21-17(12-16)5-6-18(24)14-23-10-8-20(23)27(25)15-19-4-3-11-26-19/h3-4,6-9,11-12,24H,5,10,13-15H2,1-2H3/b18-6-. The predicted molar refractivity (Wildman–Crippen MR) is 106 cm³/mol. The van der Waals surface area contributed by atoms with Gasteiger partial charge in [0.2, 0.25) is 5.03 Å². The molecule has 0 bridgehead atoms. The Morgan fingerprint density at radius 2 is 2.30 bits per heavy atom. The van der Waals surface area contributed by atoms with Crippen molar-refractivity contribution in [3.63, 3.8) is 0 Å². The van der Waals surface area contributed by atoms with E-state index in [9.17, 15) is 9.66 Å². The van der Waals surface area contributed by atoms with Crippen LogP contribution in [-0.4, -0.2) is 51.6 Å². The van der Waals surface area contributed by atoms with Crippen molar-refractivity contribution in [2.24, 2.45) is 0 Å². The van der Waals surface area contributed by atoms with E-state index in [1.54, 1.807) is 24.6 Å². The number of rotatable bonds is 9. The molecule has 0 spiro atoms. The second-order valence-electron chi connectivity index (χ2n) is 6.78. The molecule has 0 fully saturated rings. The van der Waals surface area contributed by atoms with Crippen LogP contribution in [0.5, 0.6) is 0 Å². The molecular formula is C20H25N3O3S. The largest absolute Gasteiger partial charge is 0.610 e. The van der Waals surface area contributed by atoms with Crippen LogP contribution in [0, 0.1) is 0 Å². The lowest BCUT2D eigenvalue weighted by atomic mass is 10.1. The van der Waals surface area contributed by atoms with Gasteiger partial charge in [-0.15, -0.1) is 0 Å². The summed E-state index contributed by atoms with van der Waals surface area (Å²) >= 11 is -1.16. The van der Waals surface area contributed by atoms with Crippen molar-refractivity contribution in [3.05, 3.63) is 76.7 Å². The SMILES string of the molecule is CN(C)Cc1ccnc(C/C=C(\O)CN2CC=C2[S+]([O-])Cc2ccco2)c1. The highest BCUT2D eigenvalue weighted by atomic mass is 32.2. The number of furan rings is 1. The normalized spacial score (nSPS) is 15.6. The first-order valence-electron chi connectivity index (χ1n) is 8.83. The molecule has 1 aliphatic rings. The molecule has 0 radical (unpaired) electrons. The Kier molecular flexibility index (Phi) is 6.60. The van der Waals surface area contributed by atoms with E-state index in [1.165, 1.54) is 5.56 Å².